The van der Waals surface area contributed by atoms with E-state index in [0.717, 1.165) is 11.1 Å². The third-order valence-electron chi connectivity index (χ3n) is 8.36. The Bertz CT molecular complexity index is 1200. The molecule has 5 saturated heterocycles. The molecule has 5 aliphatic heterocycles. The van der Waals surface area contributed by atoms with Gasteiger partial charge >= 0.3 is 6.09 Å². The number of nitrogens with zero attached hydrogens (tertiary/aromatic N) is 1. The summed E-state index contributed by atoms with van der Waals surface area (Å²) in [6.45, 7) is 0.359. The van der Waals surface area contributed by atoms with Crippen molar-refractivity contribution in [3.8, 4) is 0 Å². The van der Waals surface area contributed by atoms with Crippen LogP contribution in [0, 0.1) is 0 Å². The summed E-state index contributed by atoms with van der Waals surface area (Å²) in [5.74, 6) is 0. The highest BCUT2D eigenvalue weighted by Crippen LogP contribution is 2.38. The lowest BCUT2D eigenvalue weighted by atomic mass is 9.92. The first-order valence-electron chi connectivity index (χ1n) is 13.9. The van der Waals surface area contributed by atoms with Crippen molar-refractivity contribution in [1.29, 1.82) is 0 Å². The van der Waals surface area contributed by atoms with E-state index < -0.39 is 79.7 Å². The van der Waals surface area contributed by atoms with Crippen LogP contribution in [0.15, 0.2) is 60.7 Å². The number of ether oxygens (including phenoxy) is 7. The van der Waals surface area contributed by atoms with Gasteiger partial charge in [-0.1, -0.05) is 60.7 Å². The molecule has 5 heterocycles. The molecule has 0 aliphatic carbocycles. The maximum atomic E-state index is 13.0. The van der Waals surface area contributed by atoms with Gasteiger partial charge in [0.2, 0.25) is 0 Å². The number of hydrogen-bond acceptors (Lipinski definition) is 11. The van der Waals surface area contributed by atoms with E-state index in [4.69, 9.17) is 33.2 Å². The molecule has 5 fully saturated rings. The summed E-state index contributed by atoms with van der Waals surface area (Å²) in [5.41, 5.74) is 1.61. The summed E-state index contributed by atoms with van der Waals surface area (Å²) in [4.78, 5) is 14.4. The lowest BCUT2D eigenvalue weighted by molar-refractivity contribution is -0.336. The van der Waals surface area contributed by atoms with Gasteiger partial charge in [0.1, 0.15) is 54.9 Å². The summed E-state index contributed by atoms with van der Waals surface area (Å²) in [7, 11) is 0. The number of carbonyl (C=O) groups is 1. The van der Waals surface area contributed by atoms with Gasteiger partial charge in [0.05, 0.1) is 26.3 Å². The van der Waals surface area contributed by atoms with Crippen molar-refractivity contribution in [3.05, 3.63) is 71.8 Å². The Kier molecular flexibility index (Phi) is 7.44. The first-order chi connectivity index (χ1) is 20.0. The van der Waals surface area contributed by atoms with E-state index in [0.29, 0.717) is 0 Å². The minimum absolute atomic E-state index is 0.0672. The number of fused-ring (bicyclic) bond motifs is 3. The largest absolute Gasteiger partial charge is 0.440 e. The molecule has 2 aromatic carbocycles. The summed E-state index contributed by atoms with van der Waals surface area (Å²) in [6, 6.07) is 18.7. The molecule has 1 amide bonds. The lowest BCUT2D eigenvalue weighted by Gasteiger charge is -2.51. The van der Waals surface area contributed by atoms with Crippen LogP contribution in [-0.2, 0) is 33.2 Å². The Morgan fingerprint density at radius 3 is 1.83 bits per heavy atom. The highest BCUT2D eigenvalue weighted by atomic mass is 16.7. The predicted molar refractivity (Wildman–Crippen MR) is 137 cm³/mol. The normalized spacial score (nSPS) is 42.4. The minimum Gasteiger partial charge on any atom is -0.440 e. The van der Waals surface area contributed by atoms with E-state index >= 15 is 0 Å². The van der Waals surface area contributed by atoms with Crippen LogP contribution in [0.5, 0.6) is 0 Å². The van der Waals surface area contributed by atoms with Crippen LogP contribution >= 0.6 is 0 Å². The molecule has 0 bridgehead atoms. The second-order valence-corrected chi connectivity index (χ2v) is 11.0. The van der Waals surface area contributed by atoms with Gasteiger partial charge in [-0.25, -0.2) is 4.79 Å². The number of benzene rings is 2. The molecule has 7 rings (SSSR count). The van der Waals surface area contributed by atoms with Crippen LogP contribution < -0.4 is 0 Å². The maximum Gasteiger partial charge on any atom is 0.410 e. The van der Waals surface area contributed by atoms with E-state index in [1.807, 2.05) is 60.7 Å². The zero-order valence-corrected chi connectivity index (χ0v) is 22.1. The number of rotatable bonds is 4. The smallest absolute Gasteiger partial charge is 0.410 e. The average Bonchev–Trinajstić information content (AvgIpc) is 3.01. The Morgan fingerprint density at radius 2 is 1.22 bits per heavy atom. The Hall–Kier alpha value is -2.65. The molecule has 2 aromatic rings. The molecule has 220 valence electrons. The third kappa shape index (κ3) is 5.13. The minimum atomic E-state index is -1.33. The van der Waals surface area contributed by atoms with Gasteiger partial charge in [-0.05, 0) is 0 Å². The van der Waals surface area contributed by atoms with Crippen molar-refractivity contribution in [2.45, 2.75) is 73.6 Å². The van der Waals surface area contributed by atoms with Crippen molar-refractivity contribution in [2.75, 3.05) is 26.3 Å². The fourth-order valence-electron chi connectivity index (χ4n) is 6.22. The monoisotopic (exact) mass is 571 g/mol. The topological polar surface area (TPSA) is 146 Å². The van der Waals surface area contributed by atoms with E-state index in [-0.39, 0.29) is 26.3 Å². The molecule has 0 aromatic heterocycles. The quantitative estimate of drug-likeness (QED) is 0.476. The first-order valence-corrected chi connectivity index (χ1v) is 13.9. The highest BCUT2D eigenvalue weighted by molar-refractivity contribution is 5.69. The highest BCUT2D eigenvalue weighted by Gasteiger charge is 2.55. The summed E-state index contributed by atoms with van der Waals surface area (Å²) >= 11 is 0. The van der Waals surface area contributed by atoms with Crippen LogP contribution in [0.1, 0.15) is 23.7 Å². The first kappa shape index (κ1) is 27.2. The molecule has 0 radical (unpaired) electrons. The second kappa shape index (κ2) is 11.2. The van der Waals surface area contributed by atoms with Crippen molar-refractivity contribution < 1.29 is 53.3 Å². The summed E-state index contributed by atoms with van der Waals surface area (Å²) in [5, 5.41) is 33.0. The molecule has 0 spiro atoms. The molecular formula is C29H33NO11. The van der Waals surface area contributed by atoms with Gasteiger partial charge in [-0.15, -0.1) is 0 Å². The lowest BCUT2D eigenvalue weighted by Crippen LogP contribution is -2.69. The van der Waals surface area contributed by atoms with Crippen molar-refractivity contribution >= 4 is 6.09 Å². The van der Waals surface area contributed by atoms with Crippen LogP contribution in [0.2, 0.25) is 0 Å². The van der Waals surface area contributed by atoms with Gasteiger partial charge in [0.25, 0.3) is 0 Å². The molecule has 12 heteroatoms. The van der Waals surface area contributed by atoms with Crippen LogP contribution in [0.3, 0.4) is 0 Å². The standard InChI is InChI=1S/C29H33NO11/c31-21-17(37-19-13-35-27(39-25(19)22(21)32)15-7-3-1-4-8-15)11-30-12-18-24(41-29(30)34)23(33)26-20(38-18)14-36-28(40-26)16-9-5-2-6-10-16/h1-10,17-28,31-33H,11-14H2/t17-,18-,19+,20+,21-,22+,23+,24-,25+,26+,27?,28+/m0/s1. The number of amides is 1. The van der Waals surface area contributed by atoms with Crippen LogP contribution in [0.4, 0.5) is 4.79 Å². The molecule has 1 unspecified atom stereocenters. The number of carbonyl (C=O) groups excluding carboxylic acids is 1. The molecular weight excluding hydrogens is 538 g/mol. The van der Waals surface area contributed by atoms with Crippen LogP contribution in [0.25, 0.3) is 0 Å². The van der Waals surface area contributed by atoms with Gasteiger partial charge < -0.3 is 53.4 Å². The molecule has 41 heavy (non-hydrogen) atoms. The van der Waals surface area contributed by atoms with Crippen molar-refractivity contribution in [1.82, 2.24) is 4.90 Å². The predicted octanol–water partition coefficient (Wildman–Crippen LogP) is 0.653. The number of hydrogen-bond donors (Lipinski definition) is 3. The molecule has 5 aliphatic rings. The number of aliphatic hydroxyl groups excluding tert-OH is 3. The second-order valence-electron chi connectivity index (χ2n) is 11.0. The van der Waals surface area contributed by atoms with E-state index in [2.05, 4.69) is 0 Å². The van der Waals surface area contributed by atoms with Crippen molar-refractivity contribution in [3.63, 3.8) is 0 Å². The van der Waals surface area contributed by atoms with Crippen molar-refractivity contribution in [2.24, 2.45) is 0 Å². The third-order valence-corrected chi connectivity index (χ3v) is 8.36. The SMILES string of the molecule is O=C1O[C@@H]2[C@@H](O)[C@@H]3O[C@H](c4ccccc4)OC[C@H]3O[C@H]2CN1C[C@@H]1O[C@@H]2COC(c3ccccc3)O[C@H]2[C@H](O)[C@H]1O. The number of aliphatic hydroxyl groups is 3. The van der Waals surface area contributed by atoms with E-state index in [9.17, 15) is 20.1 Å². The summed E-state index contributed by atoms with van der Waals surface area (Å²) in [6.07, 6.45) is -11.0. The zero-order chi connectivity index (χ0) is 28.1. The maximum absolute atomic E-state index is 13.0. The van der Waals surface area contributed by atoms with Gasteiger partial charge in [0, 0.05) is 11.1 Å². The van der Waals surface area contributed by atoms with Gasteiger partial charge in [-0.3, -0.25) is 0 Å². The Morgan fingerprint density at radius 1 is 0.659 bits per heavy atom. The van der Waals surface area contributed by atoms with Crippen LogP contribution in [-0.4, -0.2) is 114 Å². The van der Waals surface area contributed by atoms with Gasteiger partial charge in [-0.2, -0.15) is 0 Å². The Balaban J connectivity index is 0.983. The molecule has 12 atom stereocenters. The molecule has 3 N–H and O–H groups in total. The molecule has 0 saturated carbocycles. The van der Waals surface area contributed by atoms with Gasteiger partial charge in [0.15, 0.2) is 18.7 Å². The Labute approximate surface area is 236 Å². The van der Waals surface area contributed by atoms with E-state index in [1.165, 1.54) is 4.90 Å². The zero-order valence-electron chi connectivity index (χ0n) is 22.1. The fourth-order valence-corrected chi connectivity index (χ4v) is 6.22. The van der Waals surface area contributed by atoms with E-state index in [1.54, 1.807) is 0 Å². The fraction of sp³-hybridized carbons (Fsp3) is 0.552. The summed E-state index contributed by atoms with van der Waals surface area (Å²) < 4.78 is 41.5. The molecule has 12 nitrogen and oxygen atoms in total. The average molecular weight is 572 g/mol.